The van der Waals surface area contributed by atoms with E-state index in [1.807, 2.05) is 11.7 Å². The maximum Gasteiger partial charge on any atom is 0.0827 e. The third-order valence-electron chi connectivity index (χ3n) is 3.70. The second kappa shape index (κ2) is 4.69. The van der Waals surface area contributed by atoms with Gasteiger partial charge in [0, 0.05) is 38.4 Å². The van der Waals surface area contributed by atoms with Gasteiger partial charge in [0.25, 0.3) is 0 Å². The minimum atomic E-state index is 0.535. The Kier molecular flexibility index (Phi) is 3.43. The predicted molar refractivity (Wildman–Crippen MR) is 71.4 cm³/mol. The highest BCUT2D eigenvalue weighted by Gasteiger charge is 2.28. The van der Waals surface area contributed by atoms with Crippen molar-refractivity contribution in [2.75, 3.05) is 18.0 Å². The van der Waals surface area contributed by atoms with Crippen LogP contribution in [0.5, 0.6) is 0 Å². The summed E-state index contributed by atoms with van der Waals surface area (Å²) in [6, 6.07) is 1.11. The normalized spacial score (nSPS) is 25.6. The highest BCUT2D eigenvalue weighted by atomic mass is 15.3. The monoisotopic (exact) mass is 236 g/mol. The SMILES string of the molecule is Cc1nn(C)cc1N1CC(C(C)C)NCC1C. The second-order valence-corrected chi connectivity index (χ2v) is 5.53. The summed E-state index contributed by atoms with van der Waals surface area (Å²) in [5.74, 6) is 0.668. The molecule has 1 saturated heterocycles. The molecular weight excluding hydrogens is 212 g/mol. The minimum Gasteiger partial charge on any atom is -0.363 e. The zero-order valence-corrected chi connectivity index (χ0v) is 11.6. The first-order valence-corrected chi connectivity index (χ1v) is 6.49. The molecule has 1 aromatic rings. The predicted octanol–water partition coefficient (Wildman–Crippen LogP) is 1.55. The van der Waals surface area contributed by atoms with Gasteiger partial charge in [-0.2, -0.15) is 5.10 Å². The van der Waals surface area contributed by atoms with E-state index in [0.29, 0.717) is 18.0 Å². The van der Waals surface area contributed by atoms with Gasteiger partial charge in [0.05, 0.1) is 11.4 Å². The van der Waals surface area contributed by atoms with E-state index >= 15 is 0 Å². The highest BCUT2D eigenvalue weighted by molar-refractivity contribution is 5.50. The quantitative estimate of drug-likeness (QED) is 0.846. The Bertz CT molecular complexity index is 383. The molecule has 2 unspecified atom stereocenters. The van der Waals surface area contributed by atoms with Crippen LogP contribution in [-0.4, -0.2) is 35.0 Å². The average Bonchev–Trinajstić information content (AvgIpc) is 2.58. The highest BCUT2D eigenvalue weighted by Crippen LogP contribution is 2.24. The Morgan fingerprint density at radius 1 is 1.47 bits per heavy atom. The van der Waals surface area contributed by atoms with Crippen LogP contribution in [0.25, 0.3) is 0 Å². The van der Waals surface area contributed by atoms with Crippen molar-refractivity contribution < 1.29 is 0 Å². The molecule has 0 aromatic carbocycles. The molecule has 2 atom stereocenters. The Balaban J connectivity index is 2.20. The lowest BCUT2D eigenvalue weighted by Gasteiger charge is -2.41. The lowest BCUT2D eigenvalue weighted by Crippen LogP contribution is -2.57. The number of rotatable bonds is 2. The molecular formula is C13H24N4. The van der Waals surface area contributed by atoms with Crippen LogP contribution in [0.4, 0.5) is 5.69 Å². The topological polar surface area (TPSA) is 33.1 Å². The van der Waals surface area contributed by atoms with Crippen LogP contribution < -0.4 is 10.2 Å². The van der Waals surface area contributed by atoms with Gasteiger partial charge < -0.3 is 10.2 Å². The molecule has 17 heavy (non-hydrogen) atoms. The largest absolute Gasteiger partial charge is 0.363 e. The second-order valence-electron chi connectivity index (χ2n) is 5.53. The lowest BCUT2D eigenvalue weighted by atomic mass is 9.99. The summed E-state index contributed by atoms with van der Waals surface area (Å²) in [7, 11) is 1.99. The number of nitrogens with zero attached hydrogens (tertiary/aromatic N) is 3. The van der Waals surface area contributed by atoms with Crippen molar-refractivity contribution in [3.8, 4) is 0 Å². The van der Waals surface area contributed by atoms with Gasteiger partial charge in [-0.3, -0.25) is 4.68 Å². The van der Waals surface area contributed by atoms with Gasteiger partial charge in [-0.25, -0.2) is 0 Å². The molecule has 0 saturated carbocycles. The van der Waals surface area contributed by atoms with Crippen molar-refractivity contribution in [3.63, 3.8) is 0 Å². The molecule has 2 heterocycles. The Labute approximate surface area is 104 Å². The molecule has 4 nitrogen and oxygen atoms in total. The van der Waals surface area contributed by atoms with Crippen molar-refractivity contribution in [2.45, 2.75) is 39.8 Å². The van der Waals surface area contributed by atoms with Gasteiger partial charge in [0.1, 0.15) is 0 Å². The van der Waals surface area contributed by atoms with Crippen LogP contribution in [0.15, 0.2) is 6.20 Å². The molecule has 1 aromatic heterocycles. The number of piperazine rings is 1. The number of anilines is 1. The van der Waals surface area contributed by atoms with Gasteiger partial charge in [-0.05, 0) is 19.8 Å². The summed E-state index contributed by atoms with van der Waals surface area (Å²) in [4.78, 5) is 2.49. The molecule has 4 heteroatoms. The summed E-state index contributed by atoms with van der Waals surface area (Å²) in [6.45, 7) is 11.1. The smallest absolute Gasteiger partial charge is 0.0827 e. The summed E-state index contributed by atoms with van der Waals surface area (Å²) < 4.78 is 1.91. The summed E-state index contributed by atoms with van der Waals surface area (Å²) in [6.07, 6.45) is 2.13. The van der Waals surface area contributed by atoms with Crippen LogP contribution >= 0.6 is 0 Å². The first-order chi connectivity index (χ1) is 7.99. The fourth-order valence-corrected chi connectivity index (χ4v) is 2.54. The Morgan fingerprint density at radius 2 is 2.18 bits per heavy atom. The molecule has 1 N–H and O–H groups in total. The maximum atomic E-state index is 4.45. The van der Waals surface area contributed by atoms with E-state index in [9.17, 15) is 0 Å². The van der Waals surface area contributed by atoms with Crippen molar-refractivity contribution in [3.05, 3.63) is 11.9 Å². The van der Waals surface area contributed by atoms with Gasteiger partial charge in [-0.15, -0.1) is 0 Å². The molecule has 2 rings (SSSR count). The molecule has 1 aliphatic rings. The van der Waals surface area contributed by atoms with E-state index in [0.717, 1.165) is 18.8 Å². The minimum absolute atomic E-state index is 0.535. The number of hydrogen-bond acceptors (Lipinski definition) is 3. The number of nitrogens with one attached hydrogen (secondary N) is 1. The van der Waals surface area contributed by atoms with E-state index in [1.54, 1.807) is 0 Å². The van der Waals surface area contributed by atoms with Crippen molar-refractivity contribution >= 4 is 5.69 Å². The van der Waals surface area contributed by atoms with Crippen molar-refractivity contribution in [1.82, 2.24) is 15.1 Å². The van der Waals surface area contributed by atoms with Crippen molar-refractivity contribution in [1.29, 1.82) is 0 Å². The van der Waals surface area contributed by atoms with E-state index in [4.69, 9.17) is 0 Å². The van der Waals surface area contributed by atoms with E-state index in [2.05, 4.69) is 49.2 Å². The molecule has 0 radical (unpaired) electrons. The van der Waals surface area contributed by atoms with Gasteiger partial charge in [0.2, 0.25) is 0 Å². The standard InChI is InChI=1S/C13H24N4/c1-9(2)12-7-17(10(3)6-14-12)13-8-16(5)15-11(13)4/h8-10,12,14H,6-7H2,1-5H3. The van der Waals surface area contributed by atoms with E-state index < -0.39 is 0 Å². The summed E-state index contributed by atoms with van der Waals surface area (Å²) >= 11 is 0. The number of aryl methyl sites for hydroxylation is 2. The molecule has 0 aliphatic carbocycles. The first kappa shape index (κ1) is 12.4. The Morgan fingerprint density at radius 3 is 2.71 bits per heavy atom. The van der Waals surface area contributed by atoms with Crippen LogP contribution in [0, 0.1) is 12.8 Å². The molecule has 96 valence electrons. The first-order valence-electron chi connectivity index (χ1n) is 6.49. The fraction of sp³-hybridized carbons (Fsp3) is 0.769. The lowest BCUT2D eigenvalue weighted by molar-refractivity contribution is 0.336. The third kappa shape index (κ3) is 2.46. The number of aromatic nitrogens is 2. The van der Waals surface area contributed by atoms with Crippen LogP contribution in [0.2, 0.25) is 0 Å². The van der Waals surface area contributed by atoms with Gasteiger partial charge >= 0.3 is 0 Å². The third-order valence-corrected chi connectivity index (χ3v) is 3.70. The Hall–Kier alpha value is -1.03. The maximum absolute atomic E-state index is 4.45. The molecule has 1 fully saturated rings. The average molecular weight is 236 g/mol. The summed E-state index contributed by atoms with van der Waals surface area (Å²) in [5, 5.41) is 8.07. The molecule has 0 spiro atoms. The summed E-state index contributed by atoms with van der Waals surface area (Å²) in [5.41, 5.74) is 2.41. The van der Waals surface area contributed by atoms with E-state index in [-0.39, 0.29) is 0 Å². The van der Waals surface area contributed by atoms with E-state index in [1.165, 1.54) is 5.69 Å². The fourth-order valence-electron chi connectivity index (χ4n) is 2.54. The van der Waals surface area contributed by atoms with Gasteiger partial charge in [-0.1, -0.05) is 13.8 Å². The molecule has 1 aliphatic heterocycles. The molecule has 0 bridgehead atoms. The zero-order valence-electron chi connectivity index (χ0n) is 11.6. The van der Waals surface area contributed by atoms with Crippen molar-refractivity contribution in [2.24, 2.45) is 13.0 Å². The molecule has 0 amide bonds. The zero-order chi connectivity index (χ0) is 12.6. The number of hydrogen-bond donors (Lipinski definition) is 1. The van der Waals surface area contributed by atoms with Gasteiger partial charge in [0.15, 0.2) is 0 Å². The van der Waals surface area contributed by atoms with Crippen LogP contribution in [0.3, 0.4) is 0 Å². The van der Waals surface area contributed by atoms with Crippen LogP contribution in [-0.2, 0) is 7.05 Å². The van der Waals surface area contributed by atoms with Crippen LogP contribution in [0.1, 0.15) is 26.5 Å².